The molecule has 0 spiro atoms. The predicted octanol–water partition coefficient (Wildman–Crippen LogP) is 6.56. The molecule has 0 unspecified atom stereocenters. The van der Waals surface area contributed by atoms with Gasteiger partial charge in [-0.2, -0.15) is 8.42 Å². The average Bonchev–Trinajstić information content (AvgIpc) is 3.20. The summed E-state index contributed by atoms with van der Waals surface area (Å²) in [7, 11) is -3.96. The first-order chi connectivity index (χ1) is 16.5. The summed E-state index contributed by atoms with van der Waals surface area (Å²) in [6.45, 7) is 6.26. The summed E-state index contributed by atoms with van der Waals surface area (Å²) in [4.78, 5) is 13.9. The molecule has 4 aliphatic carbocycles. The van der Waals surface area contributed by atoms with Crippen LogP contribution in [-0.4, -0.2) is 18.9 Å². The van der Waals surface area contributed by atoms with E-state index in [-0.39, 0.29) is 27.4 Å². The summed E-state index contributed by atoms with van der Waals surface area (Å²) < 4.78 is 33.0. The number of carbonyl (C=O) groups is 1. The molecule has 0 radical (unpaired) electrons. The summed E-state index contributed by atoms with van der Waals surface area (Å²) in [5.41, 5.74) is 1.58. The van der Waals surface area contributed by atoms with E-state index in [0.717, 1.165) is 35.7 Å². The van der Waals surface area contributed by atoms with Gasteiger partial charge in [-0.05, 0) is 104 Å². The zero-order valence-electron chi connectivity index (χ0n) is 20.7. The van der Waals surface area contributed by atoms with Gasteiger partial charge in [0.15, 0.2) is 0 Å². The average molecular weight is 492 g/mol. The van der Waals surface area contributed by atoms with Gasteiger partial charge in [-0.25, -0.2) is 0 Å². The number of hydrogen-bond acceptors (Lipinski definition) is 4. The minimum atomic E-state index is -3.96. The molecule has 35 heavy (non-hydrogen) atoms. The van der Waals surface area contributed by atoms with Gasteiger partial charge in [-0.3, -0.25) is 9.36 Å². The third-order valence-electron chi connectivity index (χ3n) is 8.59. The SMILES string of the molecule is CC(C)(C)c1ccc(S(=O)(=O)Oc2ccc3c(ccn3C(=O)C34CC5CC(CC(C5)C3)C4)c2)cc1. The number of aromatic nitrogens is 1. The monoisotopic (exact) mass is 491 g/mol. The van der Waals surface area contributed by atoms with Crippen LogP contribution in [0.3, 0.4) is 0 Å². The summed E-state index contributed by atoms with van der Waals surface area (Å²) >= 11 is 0. The van der Waals surface area contributed by atoms with Gasteiger partial charge < -0.3 is 4.18 Å². The lowest BCUT2D eigenvalue weighted by atomic mass is 9.49. The van der Waals surface area contributed by atoms with Crippen molar-refractivity contribution in [2.75, 3.05) is 0 Å². The van der Waals surface area contributed by atoms with E-state index in [0.29, 0.717) is 17.8 Å². The quantitative estimate of drug-likeness (QED) is 0.388. The number of carbonyl (C=O) groups excluding carboxylic acids is 1. The molecular weight excluding hydrogens is 458 g/mol. The third-order valence-corrected chi connectivity index (χ3v) is 9.85. The molecule has 184 valence electrons. The highest BCUT2D eigenvalue weighted by Gasteiger charge is 2.55. The Morgan fingerprint density at radius 2 is 1.51 bits per heavy atom. The Kier molecular flexibility index (Phi) is 5.02. The first-order valence-electron chi connectivity index (χ1n) is 12.7. The molecule has 4 aliphatic rings. The molecule has 5 nitrogen and oxygen atoms in total. The molecule has 6 heteroatoms. The molecule has 1 aromatic heterocycles. The highest BCUT2D eigenvalue weighted by Crippen LogP contribution is 2.60. The number of rotatable bonds is 4. The molecule has 0 saturated heterocycles. The molecule has 0 N–H and O–H groups in total. The molecule has 4 fully saturated rings. The van der Waals surface area contributed by atoms with E-state index in [2.05, 4.69) is 20.8 Å². The Morgan fingerprint density at radius 1 is 0.914 bits per heavy atom. The molecule has 0 aliphatic heterocycles. The fourth-order valence-corrected chi connectivity index (χ4v) is 8.20. The normalized spacial score (nSPS) is 27.9. The molecule has 7 rings (SSSR count). The Balaban J connectivity index is 1.25. The lowest BCUT2D eigenvalue weighted by molar-refractivity contribution is -0.0398. The van der Waals surface area contributed by atoms with E-state index in [1.165, 1.54) is 19.3 Å². The van der Waals surface area contributed by atoms with Crippen LogP contribution >= 0.6 is 0 Å². The highest BCUT2D eigenvalue weighted by atomic mass is 32.2. The molecule has 3 aromatic rings. The van der Waals surface area contributed by atoms with Crippen LogP contribution in [0.1, 0.15) is 69.7 Å². The Labute approximate surface area is 207 Å². The van der Waals surface area contributed by atoms with Crippen LogP contribution in [0.25, 0.3) is 10.9 Å². The summed E-state index contributed by atoms with van der Waals surface area (Å²) in [6, 6.07) is 13.9. The molecule has 1 heterocycles. The van der Waals surface area contributed by atoms with Crippen molar-refractivity contribution in [1.29, 1.82) is 0 Å². The van der Waals surface area contributed by atoms with Crippen LogP contribution in [0.15, 0.2) is 59.6 Å². The number of nitrogens with zero attached hydrogens (tertiary/aromatic N) is 1. The molecule has 2 aromatic carbocycles. The van der Waals surface area contributed by atoms with Gasteiger partial charge in [0.25, 0.3) is 0 Å². The summed E-state index contributed by atoms with van der Waals surface area (Å²) in [6.07, 6.45) is 8.79. The fourth-order valence-electron chi connectivity index (χ4n) is 7.27. The first kappa shape index (κ1) is 22.8. The minimum Gasteiger partial charge on any atom is -0.379 e. The topological polar surface area (TPSA) is 65.4 Å². The van der Waals surface area contributed by atoms with Gasteiger partial charge in [0.1, 0.15) is 10.6 Å². The van der Waals surface area contributed by atoms with Crippen molar-refractivity contribution in [1.82, 2.24) is 4.57 Å². The smallest absolute Gasteiger partial charge is 0.339 e. The second-order valence-corrected chi connectivity index (χ2v) is 13.8. The van der Waals surface area contributed by atoms with Crippen LogP contribution in [0, 0.1) is 23.2 Å². The van der Waals surface area contributed by atoms with Gasteiger partial charge in [0.05, 0.1) is 10.9 Å². The Bertz CT molecular complexity index is 1370. The van der Waals surface area contributed by atoms with Crippen molar-refractivity contribution in [2.24, 2.45) is 23.2 Å². The maximum absolute atomic E-state index is 13.8. The van der Waals surface area contributed by atoms with Crippen molar-refractivity contribution in [2.45, 2.75) is 69.6 Å². The maximum atomic E-state index is 13.8. The van der Waals surface area contributed by atoms with Crippen molar-refractivity contribution >= 4 is 26.9 Å². The van der Waals surface area contributed by atoms with E-state index < -0.39 is 10.1 Å². The number of hydrogen-bond donors (Lipinski definition) is 0. The molecule has 0 atom stereocenters. The number of benzene rings is 2. The fraction of sp³-hybridized carbons (Fsp3) is 0.483. The van der Waals surface area contributed by atoms with Crippen LogP contribution in [0.2, 0.25) is 0 Å². The van der Waals surface area contributed by atoms with Gasteiger partial charge in [0, 0.05) is 11.6 Å². The Morgan fingerprint density at radius 3 is 2.09 bits per heavy atom. The predicted molar refractivity (Wildman–Crippen MR) is 136 cm³/mol. The maximum Gasteiger partial charge on any atom is 0.339 e. The van der Waals surface area contributed by atoms with Crippen LogP contribution in [0.5, 0.6) is 5.75 Å². The van der Waals surface area contributed by atoms with E-state index in [9.17, 15) is 13.2 Å². The zero-order chi connectivity index (χ0) is 24.6. The van der Waals surface area contributed by atoms with Crippen LogP contribution in [0.4, 0.5) is 0 Å². The molecular formula is C29H33NO4S. The van der Waals surface area contributed by atoms with Crippen LogP contribution < -0.4 is 4.18 Å². The molecule has 4 bridgehead atoms. The highest BCUT2D eigenvalue weighted by molar-refractivity contribution is 7.87. The van der Waals surface area contributed by atoms with E-state index in [4.69, 9.17) is 4.18 Å². The van der Waals surface area contributed by atoms with Crippen molar-refractivity contribution in [3.05, 3.63) is 60.3 Å². The van der Waals surface area contributed by atoms with E-state index in [1.54, 1.807) is 34.9 Å². The summed E-state index contributed by atoms with van der Waals surface area (Å²) in [5, 5.41) is 0.804. The van der Waals surface area contributed by atoms with Crippen molar-refractivity contribution < 1.29 is 17.4 Å². The second-order valence-electron chi connectivity index (χ2n) is 12.2. The van der Waals surface area contributed by atoms with Gasteiger partial charge in [-0.1, -0.05) is 32.9 Å². The largest absolute Gasteiger partial charge is 0.379 e. The zero-order valence-corrected chi connectivity index (χ0v) is 21.5. The van der Waals surface area contributed by atoms with E-state index in [1.807, 2.05) is 24.4 Å². The Hall–Kier alpha value is -2.60. The van der Waals surface area contributed by atoms with Gasteiger partial charge in [-0.15, -0.1) is 0 Å². The lowest BCUT2D eigenvalue weighted by Crippen LogP contribution is -2.51. The lowest BCUT2D eigenvalue weighted by Gasteiger charge is -2.55. The summed E-state index contributed by atoms with van der Waals surface area (Å²) in [5.74, 6) is 2.57. The van der Waals surface area contributed by atoms with Crippen LogP contribution in [-0.2, 0) is 15.5 Å². The first-order valence-corrected chi connectivity index (χ1v) is 14.1. The molecule has 4 saturated carbocycles. The van der Waals surface area contributed by atoms with Crippen molar-refractivity contribution in [3.8, 4) is 5.75 Å². The number of fused-ring (bicyclic) bond motifs is 1. The standard InChI is InChI=1S/C29H33NO4S/c1-28(2,3)23-4-7-25(8-5-23)35(32,33)34-24-6-9-26-22(15-24)10-11-30(26)27(31)29-16-19-12-20(17-29)14-21(13-19)18-29/h4-11,15,19-21H,12-14,16-18H2,1-3H3. The van der Waals surface area contributed by atoms with Gasteiger partial charge in [0.2, 0.25) is 5.91 Å². The second kappa shape index (κ2) is 7.70. The van der Waals surface area contributed by atoms with Gasteiger partial charge >= 0.3 is 10.1 Å². The molecule has 0 amide bonds. The minimum absolute atomic E-state index is 0.0606. The van der Waals surface area contributed by atoms with Crippen molar-refractivity contribution in [3.63, 3.8) is 0 Å². The van der Waals surface area contributed by atoms with E-state index >= 15 is 0 Å². The third kappa shape index (κ3) is 3.90.